The van der Waals surface area contributed by atoms with E-state index in [0.717, 1.165) is 12.3 Å². The summed E-state index contributed by atoms with van der Waals surface area (Å²) in [5, 5.41) is 2.51. The fraction of sp³-hybridized carbons (Fsp3) is 0.545. The molecule has 1 heterocycles. The van der Waals surface area contributed by atoms with Crippen molar-refractivity contribution >= 4 is 21.7 Å². The molecule has 0 radical (unpaired) electrons. The lowest BCUT2D eigenvalue weighted by Gasteiger charge is -2.28. The Morgan fingerprint density at radius 3 is 2.37 bits per heavy atom. The number of anilines is 1. The molecule has 0 amide bonds. The maximum Gasteiger partial charge on any atom is 0.391 e. The predicted octanol–water partition coefficient (Wildman–Crippen LogP) is 4.92. The van der Waals surface area contributed by atoms with Crippen molar-refractivity contribution < 1.29 is 22.0 Å². The van der Waals surface area contributed by atoms with Gasteiger partial charge in [-0.3, -0.25) is 0 Å². The zero-order valence-electron chi connectivity index (χ0n) is 10.2. The van der Waals surface area contributed by atoms with Gasteiger partial charge >= 0.3 is 6.18 Å². The lowest BCUT2D eigenvalue weighted by molar-refractivity contribution is -0.142. The van der Waals surface area contributed by atoms with Crippen LogP contribution in [0.25, 0.3) is 0 Å². The lowest BCUT2D eigenvalue weighted by atomic mass is 10.0. The van der Waals surface area contributed by atoms with Gasteiger partial charge in [0.25, 0.3) is 6.43 Å². The molecule has 0 bridgehead atoms. The van der Waals surface area contributed by atoms with E-state index in [-0.39, 0.29) is 15.9 Å². The molecule has 0 saturated carbocycles. The summed E-state index contributed by atoms with van der Waals surface area (Å²) in [7, 11) is 0. The molecule has 0 unspecified atom stereocenters. The van der Waals surface area contributed by atoms with E-state index in [2.05, 4.69) is 26.2 Å². The highest BCUT2D eigenvalue weighted by Crippen LogP contribution is 2.32. The first kappa shape index (κ1) is 16.1. The highest BCUT2D eigenvalue weighted by atomic mass is 79.9. The largest absolute Gasteiger partial charge is 0.391 e. The first-order valence-electron chi connectivity index (χ1n) is 5.29. The van der Waals surface area contributed by atoms with Crippen molar-refractivity contribution in [3.05, 3.63) is 22.3 Å². The van der Waals surface area contributed by atoms with Crippen LogP contribution in [0.4, 0.5) is 27.8 Å². The zero-order valence-corrected chi connectivity index (χ0v) is 11.7. The molecule has 1 N–H and O–H groups in total. The smallest absolute Gasteiger partial charge is 0.365 e. The standard InChI is InChI=1S/C11H12BrF5N2/c1-10(2,5-11(15,16)17)19-8-3-6(9(13)14)7(12)4-18-8/h3-4,9H,5H2,1-2H3,(H,18,19). The van der Waals surface area contributed by atoms with Crippen molar-refractivity contribution in [1.29, 1.82) is 0 Å². The maximum absolute atomic E-state index is 12.6. The van der Waals surface area contributed by atoms with Crippen LogP contribution in [0.2, 0.25) is 0 Å². The minimum atomic E-state index is -4.35. The van der Waals surface area contributed by atoms with Crippen molar-refractivity contribution in [2.24, 2.45) is 0 Å². The third-order valence-electron chi connectivity index (χ3n) is 2.23. The molecule has 1 aromatic rings. The number of rotatable bonds is 4. The van der Waals surface area contributed by atoms with E-state index in [9.17, 15) is 22.0 Å². The maximum atomic E-state index is 12.6. The van der Waals surface area contributed by atoms with Crippen LogP contribution < -0.4 is 5.32 Å². The molecule has 1 aromatic heterocycles. The number of nitrogens with zero attached hydrogens (tertiary/aromatic N) is 1. The third kappa shape index (κ3) is 5.30. The van der Waals surface area contributed by atoms with Crippen molar-refractivity contribution in [2.75, 3.05) is 5.32 Å². The average Bonchev–Trinajstić information content (AvgIpc) is 2.16. The normalized spacial score (nSPS) is 12.9. The number of pyridine rings is 1. The first-order chi connectivity index (χ1) is 8.50. The molecule has 0 saturated heterocycles. The van der Waals surface area contributed by atoms with E-state index in [0.29, 0.717) is 0 Å². The Labute approximate surface area is 115 Å². The number of halogens is 6. The van der Waals surface area contributed by atoms with Crippen LogP contribution >= 0.6 is 15.9 Å². The van der Waals surface area contributed by atoms with E-state index >= 15 is 0 Å². The van der Waals surface area contributed by atoms with Crippen LogP contribution in [-0.2, 0) is 0 Å². The fourth-order valence-electron chi connectivity index (χ4n) is 1.58. The monoisotopic (exact) mass is 346 g/mol. The second-order valence-electron chi connectivity index (χ2n) is 4.69. The van der Waals surface area contributed by atoms with E-state index in [1.807, 2.05) is 0 Å². The minimum absolute atomic E-state index is 0.0206. The van der Waals surface area contributed by atoms with E-state index in [1.54, 1.807) is 0 Å². The summed E-state index contributed by atoms with van der Waals surface area (Å²) in [5.74, 6) is -0.0206. The van der Waals surface area contributed by atoms with Gasteiger partial charge in [0, 0.05) is 21.8 Å². The summed E-state index contributed by atoms with van der Waals surface area (Å²) in [6, 6.07) is 1.03. The van der Waals surface area contributed by atoms with Gasteiger partial charge in [-0.1, -0.05) is 0 Å². The van der Waals surface area contributed by atoms with E-state index in [4.69, 9.17) is 0 Å². The summed E-state index contributed by atoms with van der Waals surface area (Å²) in [6.07, 6.45) is -7.05. The number of aromatic nitrogens is 1. The fourth-order valence-corrected chi connectivity index (χ4v) is 1.97. The summed E-state index contributed by atoms with van der Waals surface area (Å²) in [4.78, 5) is 3.78. The highest BCUT2D eigenvalue weighted by molar-refractivity contribution is 9.10. The van der Waals surface area contributed by atoms with Gasteiger partial charge in [-0.2, -0.15) is 13.2 Å². The Kier molecular flexibility index (Phi) is 4.76. The average molecular weight is 347 g/mol. The molecular formula is C11H12BrF5N2. The van der Waals surface area contributed by atoms with Crippen LogP contribution in [-0.4, -0.2) is 16.7 Å². The molecule has 108 valence electrons. The molecule has 1 rings (SSSR count). The third-order valence-corrected chi connectivity index (χ3v) is 2.89. The van der Waals surface area contributed by atoms with Gasteiger partial charge in [0.15, 0.2) is 0 Å². The number of nitrogens with one attached hydrogen (secondary N) is 1. The van der Waals surface area contributed by atoms with E-state index < -0.39 is 24.6 Å². The Bertz CT molecular complexity index is 445. The predicted molar refractivity (Wildman–Crippen MR) is 65.3 cm³/mol. The Morgan fingerprint density at radius 2 is 1.89 bits per heavy atom. The van der Waals surface area contributed by atoms with Gasteiger partial charge in [0.05, 0.1) is 6.42 Å². The molecule has 0 aliphatic heterocycles. The summed E-state index contributed by atoms with van der Waals surface area (Å²) >= 11 is 2.91. The molecule has 19 heavy (non-hydrogen) atoms. The summed E-state index contributed by atoms with van der Waals surface area (Å²) < 4.78 is 62.4. The lowest BCUT2D eigenvalue weighted by Crippen LogP contribution is -2.36. The van der Waals surface area contributed by atoms with Crippen molar-refractivity contribution in [3.8, 4) is 0 Å². The zero-order chi connectivity index (χ0) is 14.8. The number of hydrogen-bond donors (Lipinski definition) is 1. The highest BCUT2D eigenvalue weighted by Gasteiger charge is 2.36. The Hall–Kier alpha value is -0.920. The van der Waals surface area contributed by atoms with Gasteiger partial charge in [0.2, 0.25) is 0 Å². The summed E-state index contributed by atoms with van der Waals surface area (Å²) in [6.45, 7) is 2.65. The van der Waals surface area contributed by atoms with Crippen molar-refractivity contribution in [2.45, 2.75) is 38.4 Å². The molecule has 0 atom stereocenters. The molecule has 0 spiro atoms. The minimum Gasteiger partial charge on any atom is -0.365 e. The topological polar surface area (TPSA) is 24.9 Å². The number of alkyl halides is 5. The van der Waals surface area contributed by atoms with Gasteiger partial charge in [-0.05, 0) is 35.8 Å². The molecular weight excluding hydrogens is 335 g/mol. The van der Waals surface area contributed by atoms with Crippen molar-refractivity contribution in [1.82, 2.24) is 4.98 Å². The van der Waals surface area contributed by atoms with Crippen LogP contribution in [0.15, 0.2) is 16.7 Å². The van der Waals surface area contributed by atoms with Crippen LogP contribution in [0.5, 0.6) is 0 Å². The number of hydrogen-bond acceptors (Lipinski definition) is 2. The molecule has 0 aliphatic carbocycles. The van der Waals surface area contributed by atoms with Gasteiger partial charge < -0.3 is 5.32 Å². The summed E-state index contributed by atoms with van der Waals surface area (Å²) in [5.41, 5.74) is -1.65. The van der Waals surface area contributed by atoms with Crippen LogP contribution in [0.3, 0.4) is 0 Å². The van der Waals surface area contributed by atoms with Gasteiger partial charge in [0.1, 0.15) is 5.82 Å². The second-order valence-corrected chi connectivity index (χ2v) is 5.55. The molecule has 8 heteroatoms. The first-order valence-corrected chi connectivity index (χ1v) is 6.08. The van der Waals surface area contributed by atoms with Crippen LogP contribution in [0.1, 0.15) is 32.3 Å². The van der Waals surface area contributed by atoms with Crippen LogP contribution in [0, 0.1) is 0 Å². The Morgan fingerprint density at radius 1 is 1.32 bits per heavy atom. The molecule has 2 nitrogen and oxygen atoms in total. The van der Waals surface area contributed by atoms with Crippen molar-refractivity contribution in [3.63, 3.8) is 0 Å². The van der Waals surface area contributed by atoms with Gasteiger partial charge in [-0.25, -0.2) is 13.8 Å². The molecule has 0 fully saturated rings. The van der Waals surface area contributed by atoms with Gasteiger partial charge in [-0.15, -0.1) is 0 Å². The second kappa shape index (κ2) is 5.60. The Balaban J connectivity index is 2.91. The van der Waals surface area contributed by atoms with E-state index in [1.165, 1.54) is 13.8 Å². The molecule has 0 aliphatic rings. The quantitative estimate of drug-likeness (QED) is 0.782. The SMILES string of the molecule is CC(C)(CC(F)(F)F)Nc1cc(C(F)F)c(Br)cn1. The molecule has 0 aromatic carbocycles.